The lowest BCUT2D eigenvalue weighted by molar-refractivity contribution is 0.167. The molecule has 194 valence electrons. The Labute approximate surface area is 211 Å². The fourth-order valence-electron chi connectivity index (χ4n) is 3.94. The van der Waals surface area contributed by atoms with Crippen LogP contribution in [0.2, 0.25) is 0 Å². The Morgan fingerprint density at radius 1 is 0.889 bits per heavy atom. The van der Waals surface area contributed by atoms with Crippen molar-refractivity contribution in [2.75, 3.05) is 31.7 Å². The minimum atomic E-state index is -3.57. The summed E-state index contributed by atoms with van der Waals surface area (Å²) in [7, 11) is -0.619. The van der Waals surface area contributed by atoms with Crippen molar-refractivity contribution in [1.29, 1.82) is 0 Å². The highest BCUT2D eigenvalue weighted by molar-refractivity contribution is 7.92. The summed E-state index contributed by atoms with van der Waals surface area (Å²) < 4.78 is 36.0. The van der Waals surface area contributed by atoms with Gasteiger partial charge in [0.05, 0.1) is 32.3 Å². The monoisotopic (exact) mass is 516 g/mol. The van der Waals surface area contributed by atoms with Gasteiger partial charge >= 0.3 is 0 Å². The summed E-state index contributed by atoms with van der Waals surface area (Å²) in [5, 5.41) is 34.5. The van der Waals surface area contributed by atoms with Gasteiger partial charge in [0.1, 0.15) is 5.75 Å². The summed E-state index contributed by atoms with van der Waals surface area (Å²) in [4.78, 5) is 0. The molecule has 0 aromatic heterocycles. The Morgan fingerprint density at radius 2 is 1.61 bits per heavy atom. The lowest BCUT2D eigenvalue weighted by Crippen LogP contribution is -2.32. The number of anilines is 1. The molecule has 0 radical (unpaired) electrons. The Bertz CT molecular complexity index is 1270. The number of rotatable bonds is 12. The lowest BCUT2D eigenvalue weighted by atomic mass is 9.97. The highest BCUT2D eigenvalue weighted by Gasteiger charge is 2.20. The summed E-state index contributed by atoms with van der Waals surface area (Å²) in [6.07, 6.45) is 0.995. The molecule has 0 bridgehead atoms. The van der Waals surface area contributed by atoms with E-state index in [0.717, 1.165) is 17.4 Å². The largest absolute Gasteiger partial charge is 0.506 e. The van der Waals surface area contributed by atoms with Crippen LogP contribution in [0.3, 0.4) is 0 Å². The molecule has 36 heavy (non-hydrogen) atoms. The van der Waals surface area contributed by atoms with Crippen molar-refractivity contribution >= 4 is 15.7 Å². The van der Waals surface area contributed by atoms with Crippen molar-refractivity contribution in [2.24, 2.45) is 0 Å². The van der Waals surface area contributed by atoms with E-state index in [2.05, 4.69) is 10.0 Å². The van der Waals surface area contributed by atoms with Gasteiger partial charge in [0, 0.05) is 12.6 Å². The molecular weight excluding hydrogens is 484 g/mol. The van der Waals surface area contributed by atoms with Gasteiger partial charge in [-0.3, -0.25) is 4.72 Å². The second-order valence-electron chi connectivity index (χ2n) is 8.51. The maximum atomic E-state index is 11.5. The Hall–Kier alpha value is -3.47. The fraction of sp³-hybridized carbons (Fsp3) is 0.308. The molecule has 0 saturated carbocycles. The number of sulfonamides is 1. The standard InChI is InChI=1S/C26H32N2O7S/c1-34-25-15-19(14-24(31)26(25)35-2)21(12-17-7-5-4-6-8-17)27-16-20(29)11-18-9-10-23(30)22(13-18)28-36(3,32)33/h4-10,13-15,20-21,27-31H,11-12,16H2,1-3H3. The number of ether oxygens (including phenoxy) is 2. The van der Waals surface area contributed by atoms with E-state index in [0.29, 0.717) is 17.7 Å². The number of hydrogen-bond acceptors (Lipinski definition) is 8. The SMILES string of the molecule is COc1cc(C(Cc2ccccc2)NCC(O)Cc2ccc(O)c(NS(C)(=O)=O)c2)cc(O)c1OC. The van der Waals surface area contributed by atoms with Crippen molar-refractivity contribution in [3.63, 3.8) is 0 Å². The number of nitrogens with one attached hydrogen (secondary N) is 2. The molecule has 9 nitrogen and oxygen atoms in total. The first kappa shape index (κ1) is 27.1. The summed E-state index contributed by atoms with van der Waals surface area (Å²) in [5.74, 6) is 0.378. The van der Waals surface area contributed by atoms with Gasteiger partial charge < -0.3 is 30.1 Å². The minimum Gasteiger partial charge on any atom is -0.506 e. The minimum absolute atomic E-state index is 0.0535. The second-order valence-corrected chi connectivity index (χ2v) is 10.3. The van der Waals surface area contributed by atoms with Crippen LogP contribution in [0, 0.1) is 0 Å². The molecule has 2 unspecified atom stereocenters. The van der Waals surface area contributed by atoms with Crippen LogP contribution in [-0.4, -0.2) is 56.9 Å². The number of hydrogen-bond donors (Lipinski definition) is 5. The van der Waals surface area contributed by atoms with Gasteiger partial charge in [0.2, 0.25) is 15.8 Å². The fourth-order valence-corrected chi connectivity index (χ4v) is 4.50. The lowest BCUT2D eigenvalue weighted by Gasteiger charge is -2.23. The first-order valence-corrected chi connectivity index (χ1v) is 13.2. The number of aliphatic hydroxyl groups excluding tert-OH is 1. The summed E-state index contributed by atoms with van der Waals surface area (Å²) >= 11 is 0. The molecule has 3 aromatic carbocycles. The number of methoxy groups -OCH3 is 2. The van der Waals surface area contributed by atoms with Gasteiger partial charge in [-0.2, -0.15) is 0 Å². The van der Waals surface area contributed by atoms with E-state index in [1.807, 2.05) is 30.3 Å². The van der Waals surface area contributed by atoms with Crippen molar-refractivity contribution in [3.05, 3.63) is 77.4 Å². The van der Waals surface area contributed by atoms with Gasteiger partial charge in [-0.1, -0.05) is 36.4 Å². The third-order valence-electron chi connectivity index (χ3n) is 5.59. The summed E-state index contributed by atoms with van der Waals surface area (Å²) in [6, 6.07) is 17.4. The molecule has 0 amide bonds. The maximum Gasteiger partial charge on any atom is 0.229 e. The number of aromatic hydroxyl groups is 2. The van der Waals surface area contributed by atoms with E-state index < -0.39 is 16.1 Å². The number of benzene rings is 3. The molecule has 0 heterocycles. The Kier molecular flexibility index (Phi) is 9.03. The van der Waals surface area contributed by atoms with Crippen LogP contribution in [0.15, 0.2) is 60.7 Å². The van der Waals surface area contributed by atoms with Crippen LogP contribution in [0.1, 0.15) is 22.7 Å². The summed E-state index contributed by atoms with van der Waals surface area (Å²) in [6.45, 7) is 0.211. The Morgan fingerprint density at radius 3 is 2.25 bits per heavy atom. The number of aliphatic hydroxyl groups is 1. The van der Waals surface area contributed by atoms with Crippen molar-refractivity contribution in [3.8, 4) is 23.0 Å². The molecule has 10 heteroatoms. The van der Waals surface area contributed by atoms with E-state index in [4.69, 9.17) is 9.47 Å². The molecule has 0 spiro atoms. The van der Waals surface area contributed by atoms with Crippen LogP contribution >= 0.6 is 0 Å². The topological polar surface area (TPSA) is 137 Å². The quantitative estimate of drug-likeness (QED) is 0.232. The molecule has 0 aliphatic carbocycles. The molecule has 0 aliphatic heterocycles. The van der Waals surface area contributed by atoms with Crippen molar-refractivity contribution < 1.29 is 33.2 Å². The molecular formula is C26H32N2O7S. The molecule has 0 aliphatic rings. The third-order valence-corrected chi connectivity index (χ3v) is 6.18. The van der Waals surface area contributed by atoms with E-state index in [-0.39, 0.29) is 41.9 Å². The van der Waals surface area contributed by atoms with E-state index in [9.17, 15) is 23.7 Å². The predicted molar refractivity (Wildman–Crippen MR) is 138 cm³/mol. The van der Waals surface area contributed by atoms with Crippen molar-refractivity contribution in [1.82, 2.24) is 5.32 Å². The molecule has 3 rings (SSSR count). The molecule has 3 aromatic rings. The molecule has 5 N–H and O–H groups in total. The van der Waals surface area contributed by atoms with Crippen LogP contribution in [0.5, 0.6) is 23.0 Å². The average molecular weight is 517 g/mol. The first-order chi connectivity index (χ1) is 17.1. The van der Waals surface area contributed by atoms with Gasteiger partial charge in [0.15, 0.2) is 11.5 Å². The van der Waals surface area contributed by atoms with Crippen LogP contribution in [0.25, 0.3) is 0 Å². The summed E-state index contributed by atoms with van der Waals surface area (Å²) in [5.41, 5.74) is 2.52. The van der Waals surface area contributed by atoms with Crippen molar-refractivity contribution in [2.45, 2.75) is 25.0 Å². The maximum absolute atomic E-state index is 11.5. The zero-order chi connectivity index (χ0) is 26.3. The third kappa shape index (κ3) is 7.51. The molecule has 0 fully saturated rings. The van der Waals surface area contributed by atoms with Crippen LogP contribution < -0.4 is 19.5 Å². The average Bonchev–Trinajstić information content (AvgIpc) is 2.83. The van der Waals surface area contributed by atoms with Gasteiger partial charge in [-0.25, -0.2) is 8.42 Å². The zero-order valence-electron chi connectivity index (χ0n) is 20.4. The number of phenolic OH excluding ortho intramolecular Hbond substituents is 2. The van der Waals surface area contributed by atoms with E-state index in [1.54, 1.807) is 18.2 Å². The smallest absolute Gasteiger partial charge is 0.229 e. The van der Waals surface area contributed by atoms with Gasteiger partial charge in [-0.15, -0.1) is 0 Å². The highest BCUT2D eigenvalue weighted by Crippen LogP contribution is 2.39. The van der Waals surface area contributed by atoms with Crippen LogP contribution in [0.4, 0.5) is 5.69 Å². The molecule has 0 saturated heterocycles. The normalized spacial score (nSPS) is 13.1. The highest BCUT2D eigenvalue weighted by atomic mass is 32.2. The predicted octanol–water partition coefficient (Wildman–Crippen LogP) is 2.96. The van der Waals surface area contributed by atoms with Gasteiger partial charge in [-0.05, 0) is 53.8 Å². The van der Waals surface area contributed by atoms with Gasteiger partial charge in [0.25, 0.3) is 0 Å². The van der Waals surface area contributed by atoms with Crippen LogP contribution in [-0.2, 0) is 22.9 Å². The second kappa shape index (κ2) is 12.0. The Balaban J connectivity index is 1.78. The zero-order valence-corrected chi connectivity index (χ0v) is 21.2. The van der Waals surface area contributed by atoms with E-state index in [1.165, 1.54) is 26.4 Å². The first-order valence-electron chi connectivity index (χ1n) is 11.3. The molecule has 2 atom stereocenters. The number of phenols is 2. The van der Waals surface area contributed by atoms with E-state index >= 15 is 0 Å².